The highest BCUT2D eigenvalue weighted by molar-refractivity contribution is 7.94. The summed E-state index contributed by atoms with van der Waals surface area (Å²) in [6.45, 7) is 1.87. The van der Waals surface area contributed by atoms with Crippen LogP contribution in [0.1, 0.15) is 13.8 Å². The highest BCUT2D eigenvalue weighted by atomic mass is 32.2. The molecular weight excluding hydrogens is 320 g/mol. The predicted octanol–water partition coefficient (Wildman–Crippen LogP) is -1.66. The summed E-state index contributed by atoms with van der Waals surface area (Å²) in [5.41, 5.74) is 5.52. The molecule has 2 heterocycles. The summed E-state index contributed by atoms with van der Waals surface area (Å²) in [7, 11) is -2.77. The molecule has 0 aromatic carbocycles. The van der Waals surface area contributed by atoms with E-state index in [1.165, 1.54) is 13.8 Å². The van der Waals surface area contributed by atoms with Crippen LogP contribution in [0.5, 0.6) is 0 Å². The first kappa shape index (κ1) is 16.5. The van der Waals surface area contributed by atoms with Crippen molar-refractivity contribution in [3.8, 4) is 0 Å². The molecule has 0 aromatic rings. The second kappa shape index (κ2) is 5.09. The molecule has 2 N–H and O–H groups in total. The fraction of sp³-hybridized carbons (Fsp3) is 0.727. The number of hydrogen-bond donors (Lipinski definition) is 1. The van der Waals surface area contributed by atoms with Crippen molar-refractivity contribution in [2.75, 3.05) is 13.9 Å². The Morgan fingerprint density at radius 1 is 1.32 bits per heavy atom. The predicted molar refractivity (Wildman–Crippen MR) is 69.8 cm³/mol. The van der Waals surface area contributed by atoms with Gasteiger partial charge in [-0.3, -0.25) is 4.79 Å². The van der Waals surface area contributed by atoms with E-state index in [0.717, 1.165) is 12.0 Å². The molecule has 2 aliphatic heterocycles. The minimum Gasteiger partial charge on any atom is -0.438 e. The van der Waals surface area contributed by atoms with Crippen LogP contribution in [0, 0.1) is 0 Å². The Morgan fingerprint density at radius 2 is 1.91 bits per heavy atom. The number of nitrogens with zero attached hydrogens (tertiary/aromatic N) is 1. The van der Waals surface area contributed by atoms with Crippen LogP contribution >= 0.6 is 0 Å². The van der Waals surface area contributed by atoms with Crippen LogP contribution in [0.3, 0.4) is 0 Å². The van der Waals surface area contributed by atoms with E-state index in [9.17, 15) is 22.8 Å². The summed E-state index contributed by atoms with van der Waals surface area (Å²) in [4.78, 5) is 35.6. The Kier molecular flexibility index (Phi) is 3.81. The van der Waals surface area contributed by atoms with Gasteiger partial charge in [-0.2, -0.15) is 0 Å². The summed E-state index contributed by atoms with van der Waals surface area (Å²) in [6.07, 6.45) is -1.06. The third-order valence-corrected chi connectivity index (χ3v) is 6.72. The van der Waals surface area contributed by atoms with E-state index in [-0.39, 0.29) is 0 Å². The number of esters is 1. The number of fused-ring (bicyclic) bond motifs is 1. The molecule has 0 aromatic heterocycles. The summed E-state index contributed by atoms with van der Waals surface area (Å²) in [5.74, 6) is -1.64. The smallest absolute Gasteiger partial charge is 0.438 e. The molecule has 0 spiro atoms. The molecule has 11 heteroatoms. The summed E-state index contributed by atoms with van der Waals surface area (Å²) >= 11 is 0. The van der Waals surface area contributed by atoms with E-state index in [1.807, 2.05) is 0 Å². The van der Waals surface area contributed by atoms with E-state index < -0.39 is 56.9 Å². The SMILES string of the molecule is COC(=O)OCOC(=O)[C@@H]1N2C(=O)C(N)[C@H]2S(=O)(=O)C1(C)C. The number of amides is 1. The van der Waals surface area contributed by atoms with Crippen LogP contribution in [0.15, 0.2) is 0 Å². The topological polar surface area (TPSA) is 142 Å². The number of ether oxygens (including phenoxy) is 3. The van der Waals surface area contributed by atoms with Gasteiger partial charge in [-0.05, 0) is 13.8 Å². The fourth-order valence-corrected chi connectivity index (χ4v) is 4.77. The maximum absolute atomic E-state index is 12.4. The zero-order valence-corrected chi connectivity index (χ0v) is 13.0. The molecule has 124 valence electrons. The number of hydrogen-bond acceptors (Lipinski definition) is 9. The van der Waals surface area contributed by atoms with Gasteiger partial charge in [0.15, 0.2) is 15.2 Å². The van der Waals surface area contributed by atoms with Gasteiger partial charge in [-0.1, -0.05) is 0 Å². The van der Waals surface area contributed by atoms with Crippen LogP contribution in [-0.4, -0.2) is 67.5 Å². The average Bonchev–Trinajstić information content (AvgIpc) is 2.59. The molecule has 22 heavy (non-hydrogen) atoms. The van der Waals surface area contributed by atoms with Crippen LogP contribution in [0.25, 0.3) is 0 Å². The largest absolute Gasteiger partial charge is 0.510 e. The van der Waals surface area contributed by atoms with E-state index >= 15 is 0 Å². The van der Waals surface area contributed by atoms with E-state index in [2.05, 4.69) is 9.47 Å². The van der Waals surface area contributed by atoms with Crippen LogP contribution in [0.2, 0.25) is 0 Å². The zero-order valence-electron chi connectivity index (χ0n) is 12.1. The van der Waals surface area contributed by atoms with Gasteiger partial charge in [0.25, 0.3) is 0 Å². The second-order valence-corrected chi connectivity index (χ2v) is 8.02. The molecule has 1 amide bonds. The van der Waals surface area contributed by atoms with Gasteiger partial charge in [0.2, 0.25) is 12.7 Å². The minimum absolute atomic E-state index is 0.644. The number of methoxy groups -OCH3 is 1. The van der Waals surface area contributed by atoms with Crippen LogP contribution in [-0.2, 0) is 33.6 Å². The van der Waals surface area contributed by atoms with Gasteiger partial charge < -0.3 is 24.8 Å². The highest BCUT2D eigenvalue weighted by Gasteiger charge is 2.71. The van der Waals surface area contributed by atoms with Gasteiger partial charge >= 0.3 is 12.1 Å². The van der Waals surface area contributed by atoms with E-state index in [4.69, 9.17) is 10.5 Å². The van der Waals surface area contributed by atoms with Crippen molar-refractivity contribution in [2.24, 2.45) is 5.73 Å². The van der Waals surface area contributed by atoms with E-state index in [1.54, 1.807) is 0 Å². The monoisotopic (exact) mass is 336 g/mol. The van der Waals surface area contributed by atoms with Crippen molar-refractivity contribution in [2.45, 2.75) is 36.1 Å². The van der Waals surface area contributed by atoms with Gasteiger partial charge in [-0.15, -0.1) is 0 Å². The van der Waals surface area contributed by atoms with Gasteiger partial charge in [-0.25, -0.2) is 18.0 Å². The number of carbonyl (C=O) groups is 3. The maximum atomic E-state index is 12.4. The Labute approximate surface area is 126 Å². The lowest BCUT2D eigenvalue weighted by Crippen LogP contribution is -2.70. The van der Waals surface area contributed by atoms with E-state index in [0.29, 0.717) is 0 Å². The Hall–Kier alpha value is -1.88. The highest BCUT2D eigenvalue weighted by Crippen LogP contribution is 2.45. The quantitative estimate of drug-likeness (QED) is 0.364. The number of sulfone groups is 1. The molecule has 0 radical (unpaired) electrons. The molecule has 3 atom stereocenters. The average molecular weight is 336 g/mol. The molecule has 0 aliphatic carbocycles. The normalized spacial score (nSPS) is 31.0. The third kappa shape index (κ3) is 2.03. The summed E-state index contributed by atoms with van der Waals surface area (Å²) in [5, 5.41) is -1.24. The molecule has 10 nitrogen and oxygen atoms in total. The van der Waals surface area contributed by atoms with Crippen LogP contribution < -0.4 is 5.73 Å². The number of nitrogens with two attached hydrogens (primary N) is 1. The molecule has 2 fully saturated rings. The van der Waals surface area contributed by atoms with Gasteiger partial charge in [0.1, 0.15) is 16.8 Å². The minimum atomic E-state index is -3.84. The fourth-order valence-electron chi connectivity index (χ4n) is 2.60. The molecule has 1 unspecified atom stereocenters. The third-order valence-electron chi connectivity index (χ3n) is 3.88. The number of carbonyl (C=O) groups excluding carboxylic acids is 3. The van der Waals surface area contributed by atoms with Crippen LogP contribution in [0.4, 0.5) is 4.79 Å². The molecular formula is C11H16N2O8S. The molecule has 0 bridgehead atoms. The lowest BCUT2D eigenvalue weighted by Gasteiger charge is -2.40. The Bertz CT molecular complexity index is 628. The standard InChI is InChI=1S/C11H16N2O8S/c1-11(2)6(9(15)20-4-21-10(16)19-3)13-7(14)5(12)8(13)22(11,17)18/h5-6,8H,4,12H2,1-3H3/t5?,6-,8+/m0/s1. The molecule has 2 saturated heterocycles. The number of β-lactam (4-membered cyclic amide) rings is 1. The summed E-state index contributed by atoms with van der Waals surface area (Å²) in [6, 6.07) is -2.54. The zero-order chi connectivity index (χ0) is 16.9. The molecule has 0 saturated carbocycles. The lowest BCUT2D eigenvalue weighted by atomic mass is 9.96. The molecule has 2 rings (SSSR count). The van der Waals surface area contributed by atoms with Crippen molar-refractivity contribution < 1.29 is 37.0 Å². The van der Waals surface area contributed by atoms with Crippen molar-refractivity contribution in [3.63, 3.8) is 0 Å². The van der Waals surface area contributed by atoms with Gasteiger partial charge in [0.05, 0.1) is 7.11 Å². The van der Waals surface area contributed by atoms with Crippen molar-refractivity contribution in [1.82, 2.24) is 4.90 Å². The lowest BCUT2D eigenvalue weighted by molar-refractivity contribution is -0.169. The Balaban J connectivity index is 2.18. The van der Waals surface area contributed by atoms with Gasteiger partial charge in [0, 0.05) is 0 Å². The first-order valence-electron chi connectivity index (χ1n) is 6.26. The Morgan fingerprint density at radius 3 is 2.45 bits per heavy atom. The maximum Gasteiger partial charge on any atom is 0.510 e. The molecule has 2 aliphatic rings. The van der Waals surface area contributed by atoms with Crippen molar-refractivity contribution >= 4 is 27.9 Å². The number of rotatable bonds is 3. The van der Waals surface area contributed by atoms with Crippen molar-refractivity contribution in [3.05, 3.63) is 0 Å². The first-order chi connectivity index (χ1) is 10.1. The first-order valence-corrected chi connectivity index (χ1v) is 7.80. The van der Waals surface area contributed by atoms with Crippen molar-refractivity contribution in [1.29, 1.82) is 0 Å². The second-order valence-electron chi connectivity index (χ2n) is 5.39. The summed E-state index contributed by atoms with van der Waals surface area (Å²) < 4.78 is 36.5.